The normalized spacial score (nSPS) is 26.9. The van der Waals surface area contributed by atoms with Crippen molar-refractivity contribution in [3.63, 3.8) is 0 Å². The van der Waals surface area contributed by atoms with E-state index in [0.29, 0.717) is 11.8 Å². The van der Waals surface area contributed by atoms with Crippen molar-refractivity contribution in [3.8, 4) is 0 Å². The summed E-state index contributed by atoms with van der Waals surface area (Å²) in [5, 5.41) is 10.4. The van der Waals surface area contributed by atoms with E-state index in [4.69, 9.17) is 0 Å². The second-order valence-corrected chi connectivity index (χ2v) is 11.5. The Morgan fingerprint density at radius 1 is 0.696 bits per heavy atom. The van der Waals surface area contributed by atoms with Crippen LogP contribution in [0.4, 0.5) is 0 Å². The maximum absolute atomic E-state index is 9.84. The second kappa shape index (κ2) is 10.3. The van der Waals surface area contributed by atoms with Gasteiger partial charge in [0.05, 0.1) is 0 Å². The molecular weight excluding hydrogens is 414 g/mol. The third-order valence-corrected chi connectivity index (χ3v) is 11.2. The van der Waals surface area contributed by atoms with Gasteiger partial charge in [-0.25, -0.2) is 0 Å². The number of rotatable bonds is 5. The minimum atomic E-state index is 0. The molecule has 1 nitrogen and oxygen atoms in total. The van der Waals surface area contributed by atoms with Crippen LogP contribution in [0.15, 0.2) is 0 Å². The van der Waals surface area contributed by atoms with E-state index in [-0.39, 0.29) is 31.9 Å². The molecule has 0 aromatic rings. The van der Waals surface area contributed by atoms with Crippen molar-refractivity contribution in [3.05, 3.63) is 0 Å². The van der Waals surface area contributed by atoms with Crippen molar-refractivity contribution in [1.82, 2.24) is 0 Å². The molecule has 0 atom stereocenters. The van der Waals surface area contributed by atoms with Gasteiger partial charge >= 0.3 is 0 Å². The van der Waals surface area contributed by atoms with Gasteiger partial charge in [0.25, 0.3) is 0 Å². The Bertz CT molecular complexity index is 294. The first-order valence-corrected chi connectivity index (χ1v) is 11.7. The van der Waals surface area contributed by atoms with Gasteiger partial charge in [-0.15, -0.1) is 24.0 Å². The molecule has 23 heavy (non-hydrogen) atoms. The minimum Gasteiger partial charge on any atom is -0.396 e. The Labute approximate surface area is 162 Å². The molecule has 0 unspecified atom stereocenters. The Kier molecular flexibility index (Phi) is 9.16. The van der Waals surface area contributed by atoms with Crippen LogP contribution >= 0.6 is 31.9 Å². The van der Waals surface area contributed by atoms with Crippen molar-refractivity contribution < 1.29 is 5.11 Å². The van der Waals surface area contributed by atoms with Gasteiger partial charge in [-0.1, -0.05) is 65.7 Å². The van der Waals surface area contributed by atoms with E-state index in [1.54, 1.807) is 0 Å². The summed E-state index contributed by atoms with van der Waals surface area (Å²) in [6.07, 6.45) is 23.4. The molecule has 3 rings (SSSR count). The van der Waals surface area contributed by atoms with E-state index >= 15 is 0 Å². The highest BCUT2D eigenvalue weighted by atomic mass is 127. The molecule has 0 heterocycles. The van der Waals surface area contributed by atoms with Crippen LogP contribution in [0, 0.1) is 0 Å². The molecule has 0 aliphatic heterocycles. The summed E-state index contributed by atoms with van der Waals surface area (Å²) in [5.74, 6) is 0. The Morgan fingerprint density at radius 2 is 1.13 bits per heavy atom. The Morgan fingerprint density at radius 3 is 1.57 bits per heavy atom. The number of hydrogen-bond acceptors (Lipinski definition) is 1. The lowest BCUT2D eigenvalue weighted by Crippen LogP contribution is -2.39. The lowest BCUT2D eigenvalue weighted by atomic mass is 9.86. The van der Waals surface area contributed by atoms with E-state index in [0.717, 1.165) is 17.7 Å². The number of aliphatic hydroxyl groups is 1. The molecule has 0 spiro atoms. The lowest BCUT2D eigenvalue weighted by molar-refractivity contribution is 0.241. The summed E-state index contributed by atoms with van der Waals surface area (Å²) < 4.78 is 0. The second-order valence-electron chi connectivity index (χ2n) is 8.25. The van der Waals surface area contributed by atoms with Gasteiger partial charge in [0.2, 0.25) is 0 Å². The highest BCUT2D eigenvalue weighted by Gasteiger charge is 2.46. The highest BCUT2D eigenvalue weighted by molar-refractivity contribution is 14.0. The third-order valence-electron chi connectivity index (χ3n) is 6.85. The van der Waals surface area contributed by atoms with Gasteiger partial charge in [0.1, 0.15) is 0 Å². The minimum absolute atomic E-state index is 0. The molecule has 3 aliphatic carbocycles. The van der Waals surface area contributed by atoms with Gasteiger partial charge in [0.15, 0.2) is 0 Å². The fourth-order valence-corrected chi connectivity index (χ4v) is 11.0. The standard InChI is InChI=1S/C20H37OP.HI/c21-17-16-20(14-8-3-9-15-20)22(18-10-4-1-5-11-18)19-12-6-2-7-13-19;/h18-19,21H,1-17H2;1H. The van der Waals surface area contributed by atoms with E-state index in [1.807, 2.05) is 0 Å². The number of hydrogen-bond donors (Lipinski definition) is 1. The third kappa shape index (κ3) is 5.07. The molecule has 136 valence electrons. The van der Waals surface area contributed by atoms with Crippen molar-refractivity contribution in [1.29, 1.82) is 0 Å². The first-order chi connectivity index (χ1) is 10.9. The van der Waals surface area contributed by atoms with Gasteiger partial charge < -0.3 is 5.11 Å². The molecule has 1 N–H and O–H groups in total. The molecule has 3 fully saturated rings. The maximum atomic E-state index is 9.84. The molecule has 0 aromatic heterocycles. The molecule has 0 aromatic carbocycles. The van der Waals surface area contributed by atoms with Crippen LogP contribution in [0.25, 0.3) is 0 Å². The largest absolute Gasteiger partial charge is 0.396 e. The summed E-state index contributed by atoms with van der Waals surface area (Å²) in [7, 11) is 0.135. The Hall–Kier alpha value is 1.12. The lowest BCUT2D eigenvalue weighted by Gasteiger charge is -2.52. The van der Waals surface area contributed by atoms with Crippen molar-refractivity contribution in [2.45, 2.75) is 119 Å². The van der Waals surface area contributed by atoms with Crippen molar-refractivity contribution >= 4 is 31.9 Å². The van der Waals surface area contributed by atoms with E-state index < -0.39 is 0 Å². The van der Waals surface area contributed by atoms with Crippen molar-refractivity contribution in [2.75, 3.05) is 6.61 Å². The quantitative estimate of drug-likeness (QED) is 0.358. The van der Waals surface area contributed by atoms with Crippen molar-refractivity contribution in [2.24, 2.45) is 0 Å². The molecular formula is C20H38IOP. The summed E-state index contributed by atoms with van der Waals surface area (Å²) in [5.41, 5.74) is 2.10. The first-order valence-electron chi connectivity index (χ1n) is 10.2. The van der Waals surface area contributed by atoms with Gasteiger partial charge in [-0.3, -0.25) is 0 Å². The van der Waals surface area contributed by atoms with Crippen LogP contribution in [0.1, 0.15) is 103 Å². The van der Waals surface area contributed by atoms with Crippen LogP contribution in [-0.4, -0.2) is 28.2 Å². The average Bonchev–Trinajstić information content (AvgIpc) is 2.58. The Balaban J connectivity index is 0.00000192. The predicted octanol–water partition coefficient (Wildman–Crippen LogP) is 6.84. The van der Waals surface area contributed by atoms with E-state index in [2.05, 4.69) is 0 Å². The molecule has 0 amide bonds. The summed E-state index contributed by atoms with van der Waals surface area (Å²) in [4.78, 5) is 0. The van der Waals surface area contributed by atoms with Crippen LogP contribution in [0.3, 0.4) is 0 Å². The zero-order valence-corrected chi connectivity index (χ0v) is 18.2. The average molecular weight is 452 g/mol. The van der Waals surface area contributed by atoms with E-state index in [9.17, 15) is 5.11 Å². The monoisotopic (exact) mass is 452 g/mol. The maximum Gasteiger partial charge on any atom is 0.0439 e. The molecule has 0 bridgehead atoms. The number of aliphatic hydroxyl groups excluding tert-OH is 1. The molecule has 3 heteroatoms. The smallest absolute Gasteiger partial charge is 0.0439 e. The molecule has 0 radical (unpaired) electrons. The van der Waals surface area contributed by atoms with Gasteiger partial charge in [-0.05, 0) is 61.4 Å². The fourth-order valence-electron chi connectivity index (χ4n) is 5.85. The van der Waals surface area contributed by atoms with Crippen LogP contribution in [0.2, 0.25) is 0 Å². The zero-order chi connectivity index (χ0) is 15.3. The molecule has 3 saturated carbocycles. The number of halogens is 1. The van der Waals surface area contributed by atoms with Crippen LogP contribution in [0.5, 0.6) is 0 Å². The highest BCUT2D eigenvalue weighted by Crippen LogP contribution is 2.68. The zero-order valence-electron chi connectivity index (χ0n) is 15.0. The summed E-state index contributed by atoms with van der Waals surface area (Å²) >= 11 is 0. The SMILES string of the molecule is I.OCCC1(P(C2CCCCC2)C2CCCCC2)CCCCC1. The first kappa shape index (κ1) is 20.4. The van der Waals surface area contributed by atoms with Crippen LogP contribution in [-0.2, 0) is 0 Å². The fraction of sp³-hybridized carbons (Fsp3) is 1.00. The van der Waals surface area contributed by atoms with E-state index in [1.165, 1.54) is 96.3 Å². The van der Waals surface area contributed by atoms with Crippen LogP contribution < -0.4 is 0 Å². The predicted molar refractivity (Wildman–Crippen MR) is 114 cm³/mol. The van der Waals surface area contributed by atoms with Gasteiger partial charge in [0, 0.05) is 6.61 Å². The molecule has 0 saturated heterocycles. The summed E-state index contributed by atoms with van der Waals surface area (Å²) in [6, 6.07) is 0. The topological polar surface area (TPSA) is 20.2 Å². The molecule has 3 aliphatic rings. The van der Waals surface area contributed by atoms with Gasteiger partial charge in [-0.2, -0.15) is 0 Å². The summed E-state index contributed by atoms with van der Waals surface area (Å²) in [6.45, 7) is 0.443.